The van der Waals surface area contributed by atoms with Crippen molar-refractivity contribution in [3.05, 3.63) is 58.7 Å². The van der Waals surface area contributed by atoms with Crippen LogP contribution in [-0.4, -0.2) is 0 Å². The molecule has 2 heteroatoms. The quantitative estimate of drug-likeness (QED) is 0.821. The second-order valence-electron chi connectivity index (χ2n) is 4.54. The van der Waals surface area contributed by atoms with Gasteiger partial charge in [-0.05, 0) is 49.9 Å². The van der Waals surface area contributed by atoms with Crippen LogP contribution in [0.1, 0.15) is 22.3 Å². The minimum Gasteiger partial charge on any atom is -1.00 e. The monoisotopic (exact) mass is 305 g/mol. The lowest BCUT2D eigenvalue weighted by molar-refractivity contribution is -0.00000404. The molecule has 18 heavy (non-hydrogen) atoms. The van der Waals surface area contributed by atoms with Gasteiger partial charge in [0.1, 0.15) is 11.5 Å². The second kappa shape index (κ2) is 6.05. The fourth-order valence-corrected chi connectivity index (χ4v) is 2.02. The van der Waals surface area contributed by atoms with Crippen molar-refractivity contribution in [1.82, 2.24) is 0 Å². The number of ether oxygens (including phenoxy) is 1. The average Bonchev–Trinajstić information content (AvgIpc) is 2.27. The number of rotatable bonds is 2. The van der Waals surface area contributed by atoms with Crippen molar-refractivity contribution in [3.8, 4) is 11.5 Å². The Morgan fingerprint density at radius 2 is 0.889 bits per heavy atom. The molecule has 0 aliphatic carbocycles. The molecule has 2 rings (SSSR count). The molecule has 0 bridgehead atoms. The van der Waals surface area contributed by atoms with Gasteiger partial charge in [-0.15, -0.1) is 0 Å². The van der Waals surface area contributed by atoms with Crippen molar-refractivity contribution < 1.29 is 21.7 Å². The summed E-state index contributed by atoms with van der Waals surface area (Å²) in [5.74, 6) is 1.95. The number of para-hydroxylation sites is 2. The van der Waals surface area contributed by atoms with Crippen molar-refractivity contribution in [2.75, 3.05) is 0 Å². The molecule has 2 aromatic rings. The summed E-state index contributed by atoms with van der Waals surface area (Å²) >= 11 is 0. The van der Waals surface area contributed by atoms with Gasteiger partial charge in [0.05, 0.1) is 0 Å². The molecule has 0 amide bonds. The van der Waals surface area contributed by atoms with Crippen LogP contribution in [0.25, 0.3) is 0 Å². The second-order valence-corrected chi connectivity index (χ2v) is 4.54. The Hall–Kier alpha value is -1.28. The molecule has 0 heterocycles. The fraction of sp³-hybridized carbons (Fsp3) is 0.250. The van der Waals surface area contributed by atoms with Crippen molar-refractivity contribution in [2.45, 2.75) is 27.7 Å². The van der Waals surface area contributed by atoms with Crippen LogP contribution in [-0.2, 0) is 0 Å². The summed E-state index contributed by atoms with van der Waals surface area (Å²) in [7, 11) is 0. The predicted octanol–water partition coefficient (Wildman–Crippen LogP) is 1.72. The minimum atomic E-state index is 0. The Labute approximate surface area is 120 Å². The molecule has 0 unspecified atom stereocenters. The summed E-state index contributed by atoms with van der Waals surface area (Å²) < 4.78 is 6.10. The third kappa shape index (κ3) is 2.94. The first-order chi connectivity index (χ1) is 8.09. The standard InChI is InChI=1S/C16H18O.BrH/c1-11-7-5-8-12(2)15(11)17-16-13(3)9-6-10-14(16)4;/h5-10H,1-4H3;1H/p-1. The lowest BCUT2D eigenvalue weighted by atomic mass is 10.1. The van der Waals surface area contributed by atoms with Gasteiger partial charge in [-0.25, -0.2) is 0 Å². The highest BCUT2D eigenvalue weighted by Crippen LogP contribution is 2.32. The molecule has 0 radical (unpaired) electrons. The molecule has 0 N–H and O–H groups in total. The smallest absolute Gasteiger partial charge is 0.133 e. The number of hydrogen-bond donors (Lipinski definition) is 0. The highest BCUT2D eigenvalue weighted by Gasteiger charge is 2.08. The van der Waals surface area contributed by atoms with Crippen molar-refractivity contribution in [3.63, 3.8) is 0 Å². The molecule has 0 atom stereocenters. The maximum atomic E-state index is 6.10. The zero-order chi connectivity index (χ0) is 12.4. The molecule has 2 aromatic carbocycles. The van der Waals surface area contributed by atoms with Crippen LogP contribution in [0, 0.1) is 27.7 Å². The Morgan fingerprint density at radius 3 is 1.17 bits per heavy atom. The van der Waals surface area contributed by atoms with E-state index in [1.165, 1.54) is 22.3 Å². The summed E-state index contributed by atoms with van der Waals surface area (Å²) in [6.07, 6.45) is 0. The van der Waals surface area contributed by atoms with Crippen LogP contribution in [0.2, 0.25) is 0 Å². The third-order valence-corrected chi connectivity index (χ3v) is 3.02. The van der Waals surface area contributed by atoms with E-state index in [2.05, 4.69) is 64.1 Å². The zero-order valence-corrected chi connectivity index (χ0v) is 12.8. The van der Waals surface area contributed by atoms with Gasteiger partial charge in [0.15, 0.2) is 0 Å². The van der Waals surface area contributed by atoms with Gasteiger partial charge < -0.3 is 21.7 Å². The summed E-state index contributed by atoms with van der Waals surface area (Å²) in [6.45, 7) is 8.32. The van der Waals surface area contributed by atoms with Crippen LogP contribution < -0.4 is 21.7 Å². The Kier molecular flexibility index (Phi) is 4.97. The molecule has 0 fully saturated rings. The van der Waals surface area contributed by atoms with E-state index in [9.17, 15) is 0 Å². The first-order valence-corrected chi connectivity index (χ1v) is 5.90. The summed E-state index contributed by atoms with van der Waals surface area (Å²) in [5.41, 5.74) is 4.70. The molecule has 0 aliphatic heterocycles. The number of halogens is 1. The molecule has 0 spiro atoms. The van der Waals surface area contributed by atoms with E-state index in [4.69, 9.17) is 4.74 Å². The topological polar surface area (TPSA) is 9.23 Å². The van der Waals surface area contributed by atoms with E-state index in [0.717, 1.165) is 11.5 Å². The Morgan fingerprint density at radius 1 is 0.611 bits per heavy atom. The molecule has 0 aromatic heterocycles. The number of hydrogen-bond acceptors (Lipinski definition) is 1. The van der Waals surface area contributed by atoms with Crippen LogP contribution in [0.4, 0.5) is 0 Å². The van der Waals surface area contributed by atoms with Crippen molar-refractivity contribution >= 4 is 0 Å². The largest absolute Gasteiger partial charge is 1.00 e. The molecule has 1 nitrogen and oxygen atoms in total. The van der Waals surface area contributed by atoms with Crippen LogP contribution in [0.15, 0.2) is 36.4 Å². The first kappa shape index (κ1) is 14.8. The first-order valence-electron chi connectivity index (χ1n) is 5.90. The molecule has 0 saturated carbocycles. The van der Waals surface area contributed by atoms with Gasteiger partial charge in [0.25, 0.3) is 0 Å². The van der Waals surface area contributed by atoms with Crippen molar-refractivity contribution in [2.24, 2.45) is 0 Å². The van der Waals surface area contributed by atoms with Crippen molar-refractivity contribution in [1.29, 1.82) is 0 Å². The van der Waals surface area contributed by atoms with E-state index in [1.807, 2.05) is 0 Å². The summed E-state index contributed by atoms with van der Waals surface area (Å²) in [6, 6.07) is 12.4. The highest BCUT2D eigenvalue weighted by molar-refractivity contribution is 5.47. The van der Waals surface area contributed by atoms with Gasteiger partial charge in [-0.2, -0.15) is 0 Å². The molecular formula is C16H18BrO-. The van der Waals surface area contributed by atoms with Crippen LogP contribution in [0.3, 0.4) is 0 Å². The molecular weight excluding hydrogens is 288 g/mol. The highest BCUT2D eigenvalue weighted by atomic mass is 79.9. The van der Waals surface area contributed by atoms with E-state index < -0.39 is 0 Å². The Balaban J connectivity index is 0.00000162. The molecule has 0 saturated heterocycles. The van der Waals surface area contributed by atoms with Crippen LogP contribution >= 0.6 is 0 Å². The van der Waals surface area contributed by atoms with E-state index in [0.29, 0.717) is 0 Å². The van der Waals surface area contributed by atoms with Gasteiger partial charge in [0, 0.05) is 0 Å². The maximum absolute atomic E-state index is 6.10. The van der Waals surface area contributed by atoms with E-state index in [1.54, 1.807) is 0 Å². The zero-order valence-electron chi connectivity index (χ0n) is 11.3. The lowest BCUT2D eigenvalue weighted by Gasteiger charge is -2.15. The lowest BCUT2D eigenvalue weighted by Crippen LogP contribution is -3.00. The van der Waals surface area contributed by atoms with Gasteiger partial charge in [0.2, 0.25) is 0 Å². The normalized spacial score (nSPS) is 9.78. The SMILES string of the molecule is Cc1cccc(C)c1Oc1c(C)cccc1C.[Br-]. The molecule has 96 valence electrons. The number of benzene rings is 2. The minimum absolute atomic E-state index is 0. The fourth-order valence-electron chi connectivity index (χ4n) is 2.02. The van der Waals surface area contributed by atoms with Crippen LogP contribution in [0.5, 0.6) is 11.5 Å². The van der Waals surface area contributed by atoms with Gasteiger partial charge in [-0.3, -0.25) is 0 Å². The summed E-state index contributed by atoms with van der Waals surface area (Å²) in [4.78, 5) is 0. The maximum Gasteiger partial charge on any atom is 0.133 e. The number of aryl methyl sites for hydroxylation is 4. The average molecular weight is 306 g/mol. The van der Waals surface area contributed by atoms with E-state index in [-0.39, 0.29) is 17.0 Å². The van der Waals surface area contributed by atoms with E-state index >= 15 is 0 Å². The molecule has 0 aliphatic rings. The predicted molar refractivity (Wildman–Crippen MR) is 71.9 cm³/mol. The Bertz CT molecular complexity index is 457. The van der Waals surface area contributed by atoms with Gasteiger partial charge >= 0.3 is 0 Å². The van der Waals surface area contributed by atoms with Gasteiger partial charge in [-0.1, -0.05) is 36.4 Å². The summed E-state index contributed by atoms with van der Waals surface area (Å²) in [5, 5.41) is 0. The third-order valence-electron chi connectivity index (χ3n) is 3.02.